The van der Waals surface area contributed by atoms with E-state index in [-0.39, 0.29) is 0 Å². The van der Waals surface area contributed by atoms with Crippen molar-refractivity contribution in [2.75, 3.05) is 6.54 Å². The van der Waals surface area contributed by atoms with Crippen LogP contribution >= 0.6 is 0 Å². The molecular weight excluding hydrogens is 281 g/mol. The third-order valence-electron chi connectivity index (χ3n) is 2.87. The summed E-state index contributed by atoms with van der Waals surface area (Å²) in [4.78, 5) is 4.02. The minimum Gasteiger partial charge on any atom is -0.312 e. The Bertz CT molecular complexity index is 590. The van der Waals surface area contributed by atoms with Crippen molar-refractivity contribution >= 4 is 0 Å². The van der Waals surface area contributed by atoms with Crippen LogP contribution in [0, 0.1) is 5.92 Å². The van der Waals surface area contributed by atoms with Crippen molar-refractivity contribution in [3.05, 3.63) is 42.0 Å². The van der Waals surface area contributed by atoms with E-state index in [4.69, 9.17) is 0 Å². The molecule has 0 amide bonds. The number of rotatable bonds is 5. The van der Waals surface area contributed by atoms with E-state index in [9.17, 15) is 13.2 Å². The van der Waals surface area contributed by atoms with Crippen LogP contribution in [0.1, 0.15) is 25.1 Å². The SMILES string of the molecule is CC(C)CNCc1cnccc1-n1ccc(C(F)(F)F)n1. The van der Waals surface area contributed by atoms with Crippen molar-refractivity contribution in [2.24, 2.45) is 5.92 Å². The van der Waals surface area contributed by atoms with Gasteiger partial charge in [0.2, 0.25) is 0 Å². The lowest BCUT2D eigenvalue weighted by Gasteiger charge is -2.11. The first kappa shape index (κ1) is 15.5. The average molecular weight is 298 g/mol. The molecule has 2 heterocycles. The Balaban J connectivity index is 2.21. The van der Waals surface area contributed by atoms with Crippen LogP contribution in [0.3, 0.4) is 0 Å². The summed E-state index contributed by atoms with van der Waals surface area (Å²) < 4.78 is 39.1. The molecule has 0 aliphatic rings. The lowest BCUT2D eigenvalue weighted by Crippen LogP contribution is -2.20. The van der Waals surface area contributed by atoms with Crippen molar-refractivity contribution in [2.45, 2.75) is 26.6 Å². The fraction of sp³-hybridized carbons (Fsp3) is 0.429. The van der Waals surface area contributed by atoms with Gasteiger partial charge in [0.25, 0.3) is 0 Å². The maximum Gasteiger partial charge on any atom is 0.435 e. The zero-order chi connectivity index (χ0) is 15.5. The van der Waals surface area contributed by atoms with E-state index in [0.717, 1.165) is 18.2 Å². The molecule has 0 spiro atoms. The molecular formula is C14H17F3N4. The van der Waals surface area contributed by atoms with Gasteiger partial charge in [-0.2, -0.15) is 18.3 Å². The number of nitrogens with zero attached hydrogens (tertiary/aromatic N) is 3. The van der Waals surface area contributed by atoms with E-state index >= 15 is 0 Å². The highest BCUT2D eigenvalue weighted by molar-refractivity contribution is 5.38. The summed E-state index contributed by atoms with van der Waals surface area (Å²) in [5.41, 5.74) is 0.493. The molecule has 0 radical (unpaired) electrons. The molecule has 2 aromatic rings. The van der Waals surface area contributed by atoms with Gasteiger partial charge in [0.1, 0.15) is 0 Å². The van der Waals surface area contributed by atoms with Crippen LogP contribution in [0.4, 0.5) is 13.2 Å². The zero-order valence-electron chi connectivity index (χ0n) is 11.9. The Labute approximate surface area is 121 Å². The van der Waals surface area contributed by atoms with Crippen LogP contribution in [0.2, 0.25) is 0 Å². The van der Waals surface area contributed by atoms with Crippen LogP contribution in [0.5, 0.6) is 0 Å². The molecule has 0 saturated heterocycles. The second kappa shape index (κ2) is 6.26. The predicted octanol–water partition coefficient (Wildman–Crippen LogP) is 3.03. The second-order valence-electron chi connectivity index (χ2n) is 5.17. The molecule has 2 aromatic heterocycles. The van der Waals surface area contributed by atoms with Crippen molar-refractivity contribution in [1.29, 1.82) is 0 Å². The molecule has 0 unspecified atom stereocenters. The van der Waals surface area contributed by atoms with E-state index in [1.54, 1.807) is 12.3 Å². The summed E-state index contributed by atoms with van der Waals surface area (Å²) in [5, 5.41) is 6.84. The quantitative estimate of drug-likeness (QED) is 0.922. The number of nitrogens with one attached hydrogen (secondary N) is 1. The first-order chi connectivity index (χ1) is 9.88. The van der Waals surface area contributed by atoms with Gasteiger partial charge in [-0.3, -0.25) is 4.98 Å². The van der Waals surface area contributed by atoms with E-state index < -0.39 is 11.9 Å². The third-order valence-corrected chi connectivity index (χ3v) is 2.87. The smallest absolute Gasteiger partial charge is 0.312 e. The van der Waals surface area contributed by atoms with E-state index in [0.29, 0.717) is 18.2 Å². The van der Waals surface area contributed by atoms with Gasteiger partial charge in [-0.15, -0.1) is 0 Å². The fourth-order valence-corrected chi connectivity index (χ4v) is 1.88. The molecule has 21 heavy (non-hydrogen) atoms. The summed E-state index contributed by atoms with van der Waals surface area (Å²) >= 11 is 0. The van der Waals surface area contributed by atoms with Gasteiger partial charge in [-0.1, -0.05) is 13.8 Å². The monoisotopic (exact) mass is 298 g/mol. The summed E-state index contributed by atoms with van der Waals surface area (Å²) in [5.74, 6) is 0.492. The molecule has 0 atom stereocenters. The standard InChI is InChI=1S/C14H17F3N4/c1-10(2)7-19-9-11-8-18-5-3-12(11)21-6-4-13(20-21)14(15,16)17/h3-6,8,10,19H,7,9H2,1-2H3. The first-order valence-electron chi connectivity index (χ1n) is 6.65. The maximum absolute atomic E-state index is 12.6. The van der Waals surface area contributed by atoms with Gasteiger partial charge >= 0.3 is 6.18 Å². The van der Waals surface area contributed by atoms with Gasteiger partial charge in [-0.05, 0) is 24.6 Å². The van der Waals surface area contributed by atoms with Crippen LogP contribution in [0.25, 0.3) is 5.69 Å². The zero-order valence-corrected chi connectivity index (χ0v) is 11.9. The van der Waals surface area contributed by atoms with Crippen molar-refractivity contribution < 1.29 is 13.2 Å². The number of halogens is 3. The molecule has 0 aliphatic heterocycles. The Hall–Kier alpha value is -1.89. The Morgan fingerprint density at radius 1 is 1.29 bits per heavy atom. The molecule has 7 heteroatoms. The number of pyridine rings is 1. The fourth-order valence-electron chi connectivity index (χ4n) is 1.88. The third kappa shape index (κ3) is 4.04. The summed E-state index contributed by atoms with van der Waals surface area (Å²) in [7, 11) is 0. The summed E-state index contributed by atoms with van der Waals surface area (Å²) in [6.07, 6.45) is 0.0479. The number of hydrogen-bond acceptors (Lipinski definition) is 3. The van der Waals surface area contributed by atoms with E-state index in [1.807, 2.05) is 0 Å². The van der Waals surface area contributed by atoms with Gasteiger partial charge in [0, 0.05) is 30.7 Å². The number of aromatic nitrogens is 3. The first-order valence-corrected chi connectivity index (χ1v) is 6.65. The topological polar surface area (TPSA) is 42.7 Å². The molecule has 0 aromatic carbocycles. The second-order valence-corrected chi connectivity index (χ2v) is 5.17. The molecule has 114 valence electrons. The highest BCUT2D eigenvalue weighted by Crippen LogP contribution is 2.28. The largest absolute Gasteiger partial charge is 0.435 e. The molecule has 0 fully saturated rings. The van der Waals surface area contributed by atoms with E-state index in [2.05, 4.69) is 29.2 Å². The van der Waals surface area contributed by atoms with Crippen molar-refractivity contribution in [3.8, 4) is 5.69 Å². The maximum atomic E-state index is 12.6. The molecule has 0 saturated carbocycles. The highest BCUT2D eigenvalue weighted by atomic mass is 19.4. The Morgan fingerprint density at radius 3 is 2.67 bits per heavy atom. The summed E-state index contributed by atoms with van der Waals surface area (Å²) in [6, 6.07) is 2.62. The molecule has 0 aliphatic carbocycles. The predicted molar refractivity (Wildman–Crippen MR) is 72.9 cm³/mol. The molecule has 1 N–H and O–H groups in total. The van der Waals surface area contributed by atoms with Gasteiger partial charge in [0.05, 0.1) is 5.69 Å². The van der Waals surface area contributed by atoms with Crippen molar-refractivity contribution in [1.82, 2.24) is 20.1 Å². The minimum atomic E-state index is -4.44. The normalized spacial score (nSPS) is 12.1. The van der Waals surface area contributed by atoms with Crippen LogP contribution < -0.4 is 5.32 Å². The van der Waals surface area contributed by atoms with Gasteiger partial charge in [-0.25, -0.2) is 4.68 Å². The number of alkyl halides is 3. The minimum absolute atomic E-state index is 0.492. The molecule has 2 rings (SSSR count). The highest BCUT2D eigenvalue weighted by Gasteiger charge is 2.33. The van der Waals surface area contributed by atoms with Gasteiger partial charge < -0.3 is 5.32 Å². The van der Waals surface area contributed by atoms with Gasteiger partial charge in [0.15, 0.2) is 5.69 Å². The Morgan fingerprint density at radius 2 is 2.05 bits per heavy atom. The molecule has 4 nitrogen and oxygen atoms in total. The van der Waals surface area contributed by atoms with Crippen LogP contribution in [-0.4, -0.2) is 21.3 Å². The van der Waals surface area contributed by atoms with E-state index in [1.165, 1.54) is 17.1 Å². The van der Waals surface area contributed by atoms with Crippen LogP contribution in [0.15, 0.2) is 30.7 Å². The average Bonchev–Trinajstić information content (AvgIpc) is 2.88. The Kier molecular flexibility index (Phi) is 4.62. The lowest BCUT2D eigenvalue weighted by molar-refractivity contribution is -0.141. The van der Waals surface area contributed by atoms with Crippen molar-refractivity contribution in [3.63, 3.8) is 0 Å². The van der Waals surface area contributed by atoms with Crippen LogP contribution in [-0.2, 0) is 12.7 Å². The lowest BCUT2D eigenvalue weighted by atomic mass is 10.2. The number of hydrogen-bond donors (Lipinski definition) is 1. The summed E-state index contributed by atoms with van der Waals surface area (Å²) in [6.45, 7) is 5.52. The molecule has 0 bridgehead atoms.